The van der Waals surface area contributed by atoms with E-state index in [9.17, 15) is 18.3 Å². The standard InChI is InChI=1S/C14H19NO5S/c1-9-4-2-3-5-12(9)15-21(19,20)10-6-7-13(16)11(8-10)14(17)18/h6-9,12,15-16H,2-5H2,1H3,(H,17,18). The third-order valence-corrected chi connectivity index (χ3v) is 5.41. The summed E-state index contributed by atoms with van der Waals surface area (Å²) in [5.41, 5.74) is -0.422. The summed E-state index contributed by atoms with van der Waals surface area (Å²) in [5.74, 6) is -1.56. The zero-order valence-electron chi connectivity index (χ0n) is 11.7. The van der Waals surface area contributed by atoms with Gasteiger partial charge < -0.3 is 10.2 Å². The Labute approximate surface area is 123 Å². The molecule has 7 heteroatoms. The Morgan fingerprint density at radius 3 is 2.57 bits per heavy atom. The van der Waals surface area contributed by atoms with Crippen LogP contribution in [0.15, 0.2) is 23.1 Å². The van der Waals surface area contributed by atoms with Gasteiger partial charge in [-0.1, -0.05) is 19.8 Å². The van der Waals surface area contributed by atoms with Crippen LogP contribution in [0.1, 0.15) is 43.0 Å². The van der Waals surface area contributed by atoms with Gasteiger partial charge in [-0.15, -0.1) is 0 Å². The fourth-order valence-electron chi connectivity index (χ4n) is 2.61. The number of carboxylic acid groups (broad SMARTS) is 1. The van der Waals surface area contributed by atoms with E-state index in [4.69, 9.17) is 5.11 Å². The second-order valence-electron chi connectivity index (χ2n) is 5.47. The predicted molar refractivity (Wildman–Crippen MR) is 76.8 cm³/mol. The van der Waals surface area contributed by atoms with Crippen LogP contribution in [-0.4, -0.2) is 30.6 Å². The number of benzene rings is 1. The summed E-state index contributed by atoms with van der Waals surface area (Å²) in [6.45, 7) is 2.01. The Hall–Kier alpha value is -1.60. The first-order valence-corrected chi connectivity index (χ1v) is 8.38. The first-order chi connectivity index (χ1) is 9.81. The van der Waals surface area contributed by atoms with Gasteiger partial charge in [0.1, 0.15) is 11.3 Å². The largest absolute Gasteiger partial charge is 0.507 e. The maximum absolute atomic E-state index is 12.3. The molecule has 0 saturated heterocycles. The molecular weight excluding hydrogens is 294 g/mol. The van der Waals surface area contributed by atoms with Crippen LogP contribution in [0.25, 0.3) is 0 Å². The molecule has 0 bridgehead atoms. The molecule has 0 aliphatic heterocycles. The van der Waals surface area contributed by atoms with Crippen molar-refractivity contribution in [1.82, 2.24) is 4.72 Å². The lowest BCUT2D eigenvalue weighted by atomic mass is 9.87. The molecule has 0 aromatic heterocycles. The normalized spacial score (nSPS) is 22.9. The number of carbonyl (C=O) groups is 1. The molecule has 0 spiro atoms. The lowest BCUT2D eigenvalue weighted by Gasteiger charge is -2.29. The van der Waals surface area contributed by atoms with Crippen LogP contribution >= 0.6 is 0 Å². The molecule has 21 heavy (non-hydrogen) atoms. The molecule has 2 atom stereocenters. The highest BCUT2D eigenvalue weighted by Crippen LogP contribution is 2.26. The van der Waals surface area contributed by atoms with Gasteiger partial charge in [0.05, 0.1) is 4.90 Å². The van der Waals surface area contributed by atoms with Gasteiger partial charge in [-0.05, 0) is 37.0 Å². The maximum atomic E-state index is 12.3. The van der Waals surface area contributed by atoms with Gasteiger partial charge in [-0.3, -0.25) is 0 Å². The summed E-state index contributed by atoms with van der Waals surface area (Å²) in [4.78, 5) is 10.8. The molecule has 0 amide bonds. The maximum Gasteiger partial charge on any atom is 0.339 e. The number of hydrogen-bond donors (Lipinski definition) is 3. The summed E-state index contributed by atoms with van der Waals surface area (Å²) < 4.78 is 27.3. The first kappa shape index (κ1) is 15.8. The number of nitrogens with one attached hydrogen (secondary N) is 1. The number of hydrogen-bond acceptors (Lipinski definition) is 4. The van der Waals surface area contributed by atoms with Crippen molar-refractivity contribution < 1.29 is 23.4 Å². The molecule has 3 N–H and O–H groups in total. The molecule has 0 radical (unpaired) electrons. The number of sulfonamides is 1. The van der Waals surface area contributed by atoms with E-state index in [2.05, 4.69) is 4.72 Å². The van der Waals surface area contributed by atoms with Gasteiger partial charge in [-0.25, -0.2) is 17.9 Å². The number of aromatic hydroxyl groups is 1. The topological polar surface area (TPSA) is 104 Å². The fraction of sp³-hybridized carbons (Fsp3) is 0.500. The van der Waals surface area contributed by atoms with E-state index in [1.807, 2.05) is 6.92 Å². The Kier molecular flexibility index (Phi) is 4.53. The highest BCUT2D eigenvalue weighted by Gasteiger charge is 2.27. The average Bonchev–Trinajstić information content (AvgIpc) is 2.41. The molecule has 116 valence electrons. The summed E-state index contributed by atoms with van der Waals surface area (Å²) >= 11 is 0. The Morgan fingerprint density at radius 1 is 1.29 bits per heavy atom. The molecule has 1 saturated carbocycles. The third-order valence-electron chi connectivity index (χ3n) is 3.93. The zero-order chi connectivity index (χ0) is 15.6. The van der Waals surface area contributed by atoms with E-state index in [1.165, 1.54) is 6.07 Å². The minimum absolute atomic E-state index is 0.133. The highest BCUT2D eigenvalue weighted by molar-refractivity contribution is 7.89. The lowest BCUT2D eigenvalue weighted by molar-refractivity contribution is 0.0693. The average molecular weight is 313 g/mol. The van der Waals surface area contributed by atoms with Crippen LogP contribution in [0.4, 0.5) is 0 Å². The molecule has 2 unspecified atom stereocenters. The molecule has 1 aromatic carbocycles. The van der Waals surface area contributed by atoms with Crippen LogP contribution in [0.2, 0.25) is 0 Å². The molecule has 0 heterocycles. The summed E-state index contributed by atoms with van der Waals surface area (Å²) in [6.07, 6.45) is 3.84. The number of phenols is 1. The van der Waals surface area contributed by atoms with Crippen molar-refractivity contribution in [2.75, 3.05) is 0 Å². The van der Waals surface area contributed by atoms with Crippen molar-refractivity contribution in [1.29, 1.82) is 0 Å². The highest BCUT2D eigenvalue weighted by atomic mass is 32.2. The monoisotopic (exact) mass is 313 g/mol. The van der Waals surface area contributed by atoms with E-state index < -0.39 is 27.3 Å². The Bertz CT molecular complexity index is 641. The minimum Gasteiger partial charge on any atom is -0.507 e. The van der Waals surface area contributed by atoms with Gasteiger partial charge in [0.25, 0.3) is 0 Å². The van der Waals surface area contributed by atoms with Crippen molar-refractivity contribution in [3.63, 3.8) is 0 Å². The van der Waals surface area contributed by atoms with Crippen LogP contribution in [0.5, 0.6) is 5.75 Å². The Morgan fingerprint density at radius 2 is 1.95 bits per heavy atom. The molecule has 1 fully saturated rings. The SMILES string of the molecule is CC1CCCCC1NS(=O)(=O)c1ccc(O)c(C(=O)O)c1. The van der Waals surface area contributed by atoms with Crippen molar-refractivity contribution in [3.05, 3.63) is 23.8 Å². The quantitative estimate of drug-likeness (QED) is 0.788. The van der Waals surface area contributed by atoms with E-state index in [0.717, 1.165) is 37.8 Å². The number of rotatable bonds is 4. The van der Waals surface area contributed by atoms with Crippen LogP contribution in [0, 0.1) is 5.92 Å². The van der Waals surface area contributed by atoms with Crippen LogP contribution in [-0.2, 0) is 10.0 Å². The lowest BCUT2D eigenvalue weighted by Crippen LogP contribution is -2.41. The van der Waals surface area contributed by atoms with Gasteiger partial charge in [0, 0.05) is 6.04 Å². The van der Waals surface area contributed by atoms with Gasteiger partial charge in [0.2, 0.25) is 10.0 Å². The predicted octanol–water partition coefficient (Wildman–Crippen LogP) is 1.95. The number of carboxylic acids is 1. The second-order valence-corrected chi connectivity index (χ2v) is 7.19. The van der Waals surface area contributed by atoms with E-state index in [-0.39, 0.29) is 16.9 Å². The third kappa shape index (κ3) is 3.54. The first-order valence-electron chi connectivity index (χ1n) is 6.90. The zero-order valence-corrected chi connectivity index (χ0v) is 12.6. The van der Waals surface area contributed by atoms with Crippen LogP contribution in [0.3, 0.4) is 0 Å². The van der Waals surface area contributed by atoms with E-state index in [0.29, 0.717) is 0 Å². The van der Waals surface area contributed by atoms with Gasteiger partial charge in [-0.2, -0.15) is 0 Å². The summed E-state index contributed by atoms with van der Waals surface area (Å²) in [6, 6.07) is 3.14. The summed E-state index contributed by atoms with van der Waals surface area (Å²) in [7, 11) is -3.79. The second kappa shape index (κ2) is 6.03. The molecule has 1 aliphatic rings. The molecular formula is C14H19NO5S. The van der Waals surface area contributed by atoms with Gasteiger partial charge >= 0.3 is 5.97 Å². The summed E-state index contributed by atoms with van der Waals surface area (Å²) in [5, 5.41) is 18.4. The smallest absolute Gasteiger partial charge is 0.339 e. The Balaban J connectivity index is 2.27. The molecule has 1 aliphatic carbocycles. The number of aromatic carboxylic acids is 1. The fourth-order valence-corrected chi connectivity index (χ4v) is 4.02. The minimum atomic E-state index is -3.79. The van der Waals surface area contributed by atoms with Crippen LogP contribution < -0.4 is 4.72 Å². The van der Waals surface area contributed by atoms with E-state index >= 15 is 0 Å². The molecule has 2 rings (SSSR count). The van der Waals surface area contributed by atoms with E-state index in [1.54, 1.807) is 0 Å². The molecule has 1 aromatic rings. The molecule has 6 nitrogen and oxygen atoms in total. The van der Waals surface area contributed by atoms with Crippen molar-refractivity contribution in [2.45, 2.75) is 43.5 Å². The van der Waals surface area contributed by atoms with Crippen molar-refractivity contribution in [3.8, 4) is 5.75 Å². The van der Waals surface area contributed by atoms with Gasteiger partial charge in [0.15, 0.2) is 0 Å². The van der Waals surface area contributed by atoms with Crippen molar-refractivity contribution >= 4 is 16.0 Å². The van der Waals surface area contributed by atoms with Crippen molar-refractivity contribution in [2.24, 2.45) is 5.92 Å².